The summed E-state index contributed by atoms with van der Waals surface area (Å²) in [6.45, 7) is 2.17. The molecule has 1 fully saturated rings. The second-order valence-corrected chi connectivity index (χ2v) is 4.84. The third kappa shape index (κ3) is 4.34. The van der Waals surface area contributed by atoms with E-state index >= 15 is 0 Å². The summed E-state index contributed by atoms with van der Waals surface area (Å²) in [6, 6.07) is 0.122. The van der Waals surface area contributed by atoms with Gasteiger partial charge in [0.1, 0.15) is 0 Å². The van der Waals surface area contributed by atoms with Crippen molar-refractivity contribution in [1.29, 1.82) is 0 Å². The van der Waals surface area contributed by atoms with Crippen molar-refractivity contribution in [3.63, 3.8) is 0 Å². The first-order valence-electron chi connectivity index (χ1n) is 6.30. The van der Waals surface area contributed by atoms with E-state index in [4.69, 9.17) is 10.8 Å². The van der Waals surface area contributed by atoms with Gasteiger partial charge in [-0.15, -0.1) is 0 Å². The lowest BCUT2D eigenvalue weighted by atomic mass is 10.0. The number of carbonyl (C=O) groups is 2. The highest BCUT2D eigenvalue weighted by Gasteiger charge is 2.28. The first kappa shape index (κ1) is 14.0. The maximum Gasteiger partial charge on any atom is 0.308 e. The Morgan fingerprint density at radius 1 is 1.47 bits per heavy atom. The van der Waals surface area contributed by atoms with Gasteiger partial charge in [0.2, 0.25) is 5.91 Å². The molecule has 1 amide bonds. The smallest absolute Gasteiger partial charge is 0.308 e. The summed E-state index contributed by atoms with van der Waals surface area (Å²) in [5.41, 5.74) is 5.74. The van der Waals surface area contributed by atoms with Crippen LogP contribution in [0.2, 0.25) is 0 Å². The number of nitrogens with two attached hydrogens (primary N) is 1. The average molecular weight is 242 g/mol. The molecule has 0 heterocycles. The minimum atomic E-state index is -0.838. The van der Waals surface area contributed by atoms with Crippen LogP contribution in [0, 0.1) is 11.8 Å². The molecule has 0 aliphatic heterocycles. The van der Waals surface area contributed by atoms with Gasteiger partial charge in [-0.05, 0) is 25.7 Å². The summed E-state index contributed by atoms with van der Waals surface area (Å²) in [6.07, 6.45) is 3.83. The molecule has 0 saturated heterocycles. The van der Waals surface area contributed by atoms with Gasteiger partial charge in [-0.25, -0.2) is 0 Å². The highest BCUT2D eigenvalue weighted by atomic mass is 16.4. The van der Waals surface area contributed by atoms with Crippen molar-refractivity contribution in [3.05, 3.63) is 0 Å². The molecule has 98 valence electrons. The fourth-order valence-corrected chi connectivity index (χ4v) is 2.28. The van der Waals surface area contributed by atoms with Crippen LogP contribution >= 0.6 is 0 Å². The molecule has 17 heavy (non-hydrogen) atoms. The monoisotopic (exact) mass is 242 g/mol. The maximum atomic E-state index is 11.8. The van der Waals surface area contributed by atoms with Crippen molar-refractivity contribution >= 4 is 11.9 Å². The second kappa shape index (κ2) is 6.59. The largest absolute Gasteiger partial charge is 0.481 e. The summed E-state index contributed by atoms with van der Waals surface area (Å²) in [5, 5.41) is 11.7. The van der Waals surface area contributed by atoms with E-state index in [0.29, 0.717) is 6.42 Å². The zero-order valence-electron chi connectivity index (χ0n) is 10.3. The number of carbonyl (C=O) groups excluding carboxylic acids is 1. The number of aliphatic carboxylic acids is 1. The van der Waals surface area contributed by atoms with E-state index in [1.165, 1.54) is 0 Å². The third-order valence-corrected chi connectivity index (χ3v) is 3.35. The zero-order valence-corrected chi connectivity index (χ0v) is 10.3. The van der Waals surface area contributed by atoms with Crippen molar-refractivity contribution in [2.75, 3.05) is 6.54 Å². The lowest BCUT2D eigenvalue weighted by molar-refractivity contribution is -0.142. The summed E-state index contributed by atoms with van der Waals surface area (Å²) >= 11 is 0. The molecule has 0 aromatic rings. The van der Waals surface area contributed by atoms with Crippen LogP contribution in [0.3, 0.4) is 0 Å². The van der Waals surface area contributed by atoms with Crippen LogP contribution in [0.4, 0.5) is 0 Å². The van der Waals surface area contributed by atoms with Gasteiger partial charge in [-0.1, -0.05) is 13.3 Å². The van der Waals surface area contributed by atoms with E-state index in [9.17, 15) is 9.59 Å². The molecule has 1 rings (SSSR count). The van der Waals surface area contributed by atoms with E-state index in [0.717, 1.165) is 25.7 Å². The molecule has 0 bridgehead atoms. The number of hydrogen-bond donors (Lipinski definition) is 3. The summed E-state index contributed by atoms with van der Waals surface area (Å²) in [4.78, 5) is 22.7. The van der Waals surface area contributed by atoms with Crippen LogP contribution in [0.25, 0.3) is 0 Å². The van der Waals surface area contributed by atoms with Gasteiger partial charge in [-0.3, -0.25) is 9.59 Å². The predicted octanol–water partition coefficient (Wildman–Crippen LogP) is 0.731. The number of rotatable bonds is 6. The molecule has 4 N–H and O–H groups in total. The van der Waals surface area contributed by atoms with Gasteiger partial charge in [0, 0.05) is 18.5 Å². The van der Waals surface area contributed by atoms with E-state index in [-0.39, 0.29) is 24.4 Å². The van der Waals surface area contributed by atoms with Crippen LogP contribution in [0.1, 0.15) is 39.0 Å². The Bertz CT molecular complexity index is 281. The van der Waals surface area contributed by atoms with Gasteiger partial charge in [0.05, 0.1) is 5.92 Å². The molecule has 0 aromatic heterocycles. The van der Waals surface area contributed by atoms with Crippen LogP contribution < -0.4 is 11.1 Å². The molecule has 0 spiro atoms. The van der Waals surface area contributed by atoms with E-state index in [2.05, 4.69) is 5.32 Å². The molecule has 3 unspecified atom stereocenters. The Morgan fingerprint density at radius 2 is 2.18 bits per heavy atom. The number of hydrogen-bond acceptors (Lipinski definition) is 3. The van der Waals surface area contributed by atoms with Gasteiger partial charge in [-0.2, -0.15) is 0 Å². The van der Waals surface area contributed by atoms with Crippen LogP contribution in [-0.4, -0.2) is 29.6 Å². The minimum absolute atomic E-state index is 0.0268. The minimum Gasteiger partial charge on any atom is -0.481 e. The third-order valence-electron chi connectivity index (χ3n) is 3.35. The van der Waals surface area contributed by atoms with Crippen molar-refractivity contribution in [2.45, 2.75) is 45.1 Å². The first-order valence-corrected chi connectivity index (χ1v) is 6.30. The molecule has 3 atom stereocenters. The Morgan fingerprint density at radius 3 is 2.65 bits per heavy atom. The fourth-order valence-electron chi connectivity index (χ4n) is 2.28. The molecular weight excluding hydrogens is 220 g/mol. The molecule has 5 nitrogen and oxygen atoms in total. The summed E-state index contributed by atoms with van der Waals surface area (Å²) < 4.78 is 0. The molecule has 0 radical (unpaired) electrons. The molecule has 1 aliphatic carbocycles. The molecule has 1 aliphatic rings. The van der Waals surface area contributed by atoms with Gasteiger partial charge in [0.25, 0.3) is 0 Å². The normalized spacial score (nSPS) is 25.5. The second-order valence-electron chi connectivity index (χ2n) is 4.84. The van der Waals surface area contributed by atoms with Crippen molar-refractivity contribution in [2.24, 2.45) is 17.6 Å². The van der Waals surface area contributed by atoms with Crippen LogP contribution in [0.15, 0.2) is 0 Å². The fraction of sp³-hybridized carbons (Fsp3) is 0.833. The highest BCUT2D eigenvalue weighted by Crippen LogP contribution is 2.24. The Labute approximate surface area is 102 Å². The van der Waals surface area contributed by atoms with Gasteiger partial charge >= 0.3 is 5.97 Å². The first-order chi connectivity index (χ1) is 8.04. The van der Waals surface area contributed by atoms with E-state index in [1.807, 2.05) is 6.92 Å². The zero-order chi connectivity index (χ0) is 12.8. The lowest BCUT2D eigenvalue weighted by Crippen LogP contribution is -2.36. The topological polar surface area (TPSA) is 92.4 Å². The molecule has 5 heteroatoms. The summed E-state index contributed by atoms with van der Waals surface area (Å²) in [5.74, 6) is -1.38. The quantitative estimate of drug-likeness (QED) is 0.640. The van der Waals surface area contributed by atoms with Crippen LogP contribution in [0.5, 0.6) is 0 Å². The number of nitrogens with one attached hydrogen (secondary N) is 1. The number of amides is 1. The standard InChI is InChI=1S/C12H22N2O3/c1-2-3-9(12(16)17)7-14-11(15)8-4-5-10(13)6-8/h8-10H,2-7,13H2,1H3,(H,14,15)(H,16,17). The molecule has 1 saturated carbocycles. The van der Waals surface area contributed by atoms with Gasteiger partial charge in [0.15, 0.2) is 0 Å². The predicted molar refractivity (Wildman–Crippen MR) is 64.4 cm³/mol. The Kier molecular flexibility index (Phi) is 5.41. The lowest BCUT2D eigenvalue weighted by Gasteiger charge is -2.15. The van der Waals surface area contributed by atoms with Crippen molar-refractivity contribution in [1.82, 2.24) is 5.32 Å². The molecular formula is C12H22N2O3. The van der Waals surface area contributed by atoms with Crippen molar-refractivity contribution < 1.29 is 14.7 Å². The average Bonchev–Trinajstić information content (AvgIpc) is 2.70. The van der Waals surface area contributed by atoms with Crippen LogP contribution in [-0.2, 0) is 9.59 Å². The van der Waals surface area contributed by atoms with Crippen molar-refractivity contribution in [3.8, 4) is 0 Å². The maximum absolute atomic E-state index is 11.8. The highest BCUT2D eigenvalue weighted by molar-refractivity contribution is 5.80. The molecule has 0 aromatic carbocycles. The summed E-state index contributed by atoms with van der Waals surface area (Å²) in [7, 11) is 0. The Hall–Kier alpha value is -1.10. The SMILES string of the molecule is CCCC(CNC(=O)C1CCC(N)C1)C(=O)O. The number of carboxylic acid groups (broad SMARTS) is 1. The number of carboxylic acids is 1. The Balaban J connectivity index is 2.33. The van der Waals surface area contributed by atoms with E-state index in [1.54, 1.807) is 0 Å². The van der Waals surface area contributed by atoms with Gasteiger partial charge < -0.3 is 16.2 Å². The van der Waals surface area contributed by atoms with E-state index < -0.39 is 11.9 Å².